The van der Waals surface area contributed by atoms with Crippen molar-refractivity contribution in [1.29, 1.82) is 0 Å². The van der Waals surface area contributed by atoms with Gasteiger partial charge in [-0.1, -0.05) is 0 Å². The molecule has 0 saturated heterocycles. The summed E-state index contributed by atoms with van der Waals surface area (Å²) < 4.78 is 0. The van der Waals surface area contributed by atoms with E-state index >= 15 is 0 Å². The van der Waals surface area contributed by atoms with Crippen LogP contribution in [0.5, 0.6) is 0 Å². The van der Waals surface area contributed by atoms with Gasteiger partial charge in [-0.2, -0.15) is 0 Å². The molecule has 182 valence electrons. The first kappa shape index (κ1) is 25.7. The topological polar surface area (TPSA) is 0 Å². The van der Waals surface area contributed by atoms with E-state index in [1.165, 1.54) is 51.9 Å². The third-order valence-electron chi connectivity index (χ3n) is 7.70. The molecular formula is C33H38ClP. The Morgan fingerprint density at radius 1 is 0.829 bits per heavy atom. The van der Waals surface area contributed by atoms with E-state index in [1.807, 2.05) is 0 Å². The minimum absolute atomic E-state index is 0.239. The van der Waals surface area contributed by atoms with Crippen LogP contribution in [0, 0.1) is 5.41 Å². The molecule has 3 aromatic rings. The first-order valence-electron chi connectivity index (χ1n) is 12.7. The van der Waals surface area contributed by atoms with Gasteiger partial charge in [-0.15, -0.1) is 0 Å². The minimum atomic E-state index is -3.26. The van der Waals surface area contributed by atoms with E-state index in [1.54, 1.807) is 0 Å². The summed E-state index contributed by atoms with van der Waals surface area (Å²) in [7, 11) is 0. The Morgan fingerprint density at radius 2 is 1.29 bits per heavy atom. The Balaban J connectivity index is 1.84. The van der Waals surface area contributed by atoms with E-state index in [2.05, 4.69) is 137 Å². The predicted octanol–water partition coefficient (Wildman–Crippen LogP) is 8.70. The number of hydrogen-bond donors (Lipinski definition) is 0. The zero-order valence-electron chi connectivity index (χ0n) is 21.5. The fourth-order valence-corrected chi connectivity index (χ4v) is 11.3. The van der Waals surface area contributed by atoms with E-state index < -0.39 is 5.96 Å². The molecule has 0 bridgehead atoms. The summed E-state index contributed by atoms with van der Waals surface area (Å²) in [5.41, 5.74) is 4.52. The van der Waals surface area contributed by atoms with Crippen molar-refractivity contribution in [3.63, 3.8) is 0 Å². The van der Waals surface area contributed by atoms with Crippen molar-refractivity contribution >= 4 is 33.1 Å². The Morgan fingerprint density at radius 3 is 1.71 bits per heavy atom. The molecule has 0 saturated carbocycles. The Labute approximate surface area is 217 Å². The molecule has 2 heteroatoms. The molecule has 0 unspecified atom stereocenters. The molecule has 1 aliphatic rings. The van der Waals surface area contributed by atoms with Crippen LogP contribution in [0.3, 0.4) is 0 Å². The second kappa shape index (κ2) is 10.3. The van der Waals surface area contributed by atoms with Crippen LogP contribution in [0.15, 0.2) is 126 Å². The summed E-state index contributed by atoms with van der Waals surface area (Å²) in [6.07, 6.45) is 11.5. The molecule has 0 aromatic heterocycles. The molecule has 0 amide bonds. The van der Waals surface area contributed by atoms with Crippen molar-refractivity contribution in [3.05, 3.63) is 126 Å². The van der Waals surface area contributed by atoms with Gasteiger partial charge in [0, 0.05) is 0 Å². The van der Waals surface area contributed by atoms with Gasteiger partial charge < -0.3 is 0 Å². The van der Waals surface area contributed by atoms with E-state index in [0.717, 1.165) is 6.16 Å². The van der Waals surface area contributed by atoms with Gasteiger partial charge in [-0.05, 0) is 0 Å². The van der Waals surface area contributed by atoms with Crippen LogP contribution < -0.4 is 15.9 Å². The maximum absolute atomic E-state index is 8.19. The summed E-state index contributed by atoms with van der Waals surface area (Å²) in [4.78, 5) is 0. The normalized spacial score (nSPS) is 17.9. The monoisotopic (exact) mass is 500 g/mol. The van der Waals surface area contributed by atoms with Gasteiger partial charge in [0.15, 0.2) is 0 Å². The number of rotatable bonds is 7. The van der Waals surface area contributed by atoms with Crippen molar-refractivity contribution in [1.82, 2.24) is 0 Å². The van der Waals surface area contributed by atoms with Crippen LogP contribution in [-0.4, -0.2) is 6.16 Å². The van der Waals surface area contributed by atoms with Gasteiger partial charge in [0.1, 0.15) is 0 Å². The zero-order valence-corrected chi connectivity index (χ0v) is 23.2. The van der Waals surface area contributed by atoms with Crippen LogP contribution in [0.4, 0.5) is 0 Å². The van der Waals surface area contributed by atoms with E-state index in [4.69, 9.17) is 11.2 Å². The molecule has 0 aliphatic heterocycles. The van der Waals surface area contributed by atoms with Gasteiger partial charge in [0.2, 0.25) is 0 Å². The average molecular weight is 501 g/mol. The molecule has 0 fully saturated rings. The SMILES string of the molecule is CC1=C(/C=C/C(C)=C\CP(Cl)(c2ccccc2)(c2ccccc2)c2ccccc2)C(C)(C)CCC1. The summed E-state index contributed by atoms with van der Waals surface area (Å²) >= 11 is 8.19. The fourth-order valence-electron chi connectivity index (χ4n) is 5.59. The predicted molar refractivity (Wildman–Crippen MR) is 159 cm³/mol. The quantitative estimate of drug-likeness (QED) is 0.225. The standard InChI is InChI=1S/C33H38ClP/c1-27(22-23-32-28(2)15-14-25-33(32,3)4)24-26-35(34,29-16-8-5-9-17-29,30-18-10-6-11-19-30)31-20-12-7-13-21-31/h5-13,16-24H,14-15,25-26H2,1-4H3/b23-22+,27-24-. The fraction of sp³-hybridized carbons (Fsp3) is 0.273. The Bertz CT molecular complexity index is 1130. The van der Waals surface area contributed by atoms with Gasteiger partial charge in [-0.25, -0.2) is 0 Å². The first-order chi connectivity index (χ1) is 16.8. The second-order valence-electron chi connectivity index (χ2n) is 10.6. The molecule has 0 spiro atoms. The van der Waals surface area contributed by atoms with Gasteiger partial charge >= 0.3 is 218 Å². The Hall–Kier alpha value is -2.40. The summed E-state index contributed by atoms with van der Waals surface area (Å²) in [6, 6.07) is 32.2. The molecule has 4 rings (SSSR count). The summed E-state index contributed by atoms with van der Waals surface area (Å²) in [6.45, 7) is 9.26. The average Bonchev–Trinajstić information content (AvgIpc) is 2.88. The van der Waals surface area contributed by atoms with E-state index in [0.29, 0.717) is 0 Å². The van der Waals surface area contributed by atoms with Crippen molar-refractivity contribution in [2.24, 2.45) is 5.41 Å². The molecule has 0 atom stereocenters. The molecule has 35 heavy (non-hydrogen) atoms. The number of benzene rings is 3. The van der Waals surface area contributed by atoms with Gasteiger partial charge in [-0.3, -0.25) is 0 Å². The van der Waals surface area contributed by atoms with Gasteiger partial charge in [0.25, 0.3) is 0 Å². The molecule has 3 aromatic carbocycles. The number of hydrogen-bond acceptors (Lipinski definition) is 0. The van der Waals surface area contributed by atoms with Crippen LogP contribution in [0.1, 0.15) is 47.0 Å². The molecule has 0 N–H and O–H groups in total. The van der Waals surface area contributed by atoms with Crippen molar-refractivity contribution in [2.45, 2.75) is 47.0 Å². The Kier molecular flexibility index (Phi) is 7.56. The first-order valence-corrected chi connectivity index (χ1v) is 16.0. The molecule has 0 radical (unpaired) electrons. The van der Waals surface area contributed by atoms with Crippen LogP contribution >= 0.6 is 17.2 Å². The number of allylic oxidation sites excluding steroid dienone is 6. The number of halogens is 1. The van der Waals surface area contributed by atoms with Crippen molar-refractivity contribution in [3.8, 4) is 0 Å². The second-order valence-corrected chi connectivity index (χ2v) is 17.1. The van der Waals surface area contributed by atoms with Crippen LogP contribution in [0.2, 0.25) is 0 Å². The molecule has 0 nitrogen and oxygen atoms in total. The van der Waals surface area contributed by atoms with E-state index in [9.17, 15) is 0 Å². The summed E-state index contributed by atoms with van der Waals surface area (Å²) in [5.74, 6) is -3.26. The zero-order chi connectivity index (χ0) is 25.0. The molecule has 0 heterocycles. The van der Waals surface area contributed by atoms with Crippen LogP contribution in [0.25, 0.3) is 0 Å². The third-order valence-corrected chi connectivity index (χ3v) is 14.9. The molecular weight excluding hydrogens is 463 g/mol. The molecule has 1 aliphatic carbocycles. The van der Waals surface area contributed by atoms with Crippen molar-refractivity contribution in [2.75, 3.05) is 6.16 Å². The van der Waals surface area contributed by atoms with Crippen molar-refractivity contribution < 1.29 is 0 Å². The van der Waals surface area contributed by atoms with Gasteiger partial charge in [0.05, 0.1) is 0 Å². The third kappa shape index (κ3) is 4.97. The van der Waals surface area contributed by atoms with E-state index in [-0.39, 0.29) is 5.41 Å². The van der Waals surface area contributed by atoms with Crippen LogP contribution in [-0.2, 0) is 0 Å². The maximum atomic E-state index is 8.19. The summed E-state index contributed by atoms with van der Waals surface area (Å²) in [5, 5.41) is 3.62.